The molecule has 4 fully saturated rings. The summed E-state index contributed by atoms with van der Waals surface area (Å²) in [5.74, 6) is -0.171. The Balaban J connectivity index is 0.842. The zero-order valence-electron chi connectivity index (χ0n) is 34.5. The number of rotatable bonds is 12. The van der Waals surface area contributed by atoms with Gasteiger partial charge in [-0.1, -0.05) is 78.9 Å². The first-order valence-corrected chi connectivity index (χ1v) is 21.8. The molecule has 2 N–H and O–H groups in total. The van der Waals surface area contributed by atoms with E-state index < -0.39 is 24.2 Å². The fourth-order valence-corrected chi connectivity index (χ4v) is 9.67. The third-order valence-corrected chi connectivity index (χ3v) is 12.8. The van der Waals surface area contributed by atoms with Crippen molar-refractivity contribution in [2.24, 2.45) is 0 Å². The highest BCUT2D eigenvalue weighted by molar-refractivity contribution is 5.99. The maximum atomic E-state index is 14.3. The van der Waals surface area contributed by atoms with Crippen LogP contribution in [0.25, 0.3) is 22.2 Å². The van der Waals surface area contributed by atoms with Crippen LogP contribution in [0.5, 0.6) is 0 Å². The van der Waals surface area contributed by atoms with E-state index >= 15 is 0 Å². The number of Topliss-reactive ketones (excluding diaryl/α,β-unsaturated/α-hetero) is 1. The molecule has 316 valence electrons. The van der Waals surface area contributed by atoms with Crippen LogP contribution < -0.4 is 5.32 Å². The van der Waals surface area contributed by atoms with Crippen LogP contribution in [0.1, 0.15) is 54.5 Å². The number of hydrogen-bond donors (Lipinski definition) is 2. The molecule has 5 heterocycles. The summed E-state index contributed by atoms with van der Waals surface area (Å²) in [5, 5.41) is 4.07. The Kier molecular flexibility index (Phi) is 12.4. The van der Waals surface area contributed by atoms with Gasteiger partial charge in [-0.3, -0.25) is 29.0 Å². The molecule has 4 saturated heterocycles. The predicted molar refractivity (Wildman–Crippen MR) is 234 cm³/mol. The lowest BCUT2D eigenvalue weighted by atomic mass is 9.99. The number of carbonyl (C=O) groups excluding carboxylic acids is 4. The molecule has 61 heavy (non-hydrogen) atoms. The Morgan fingerprint density at radius 1 is 0.623 bits per heavy atom. The molecule has 0 unspecified atom stereocenters. The molecule has 0 aliphatic carbocycles. The molecule has 5 aromatic rings. The smallest absolute Gasteiger partial charge is 0.247 e. The van der Waals surface area contributed by atoms with Gasteiger partial charge in [0.15, 0.2) is 5.78 Å². The molecule has 4 aliphatic heterocycles. The van der Waals surface area contributed by atoms with Gasteiger partial charge in [-0.05, 0) is 78.3 Å². The number of aromatic amines is 1. The van der Waals surface area contributed by atoms with Crippen molar-refractivity contribution in [1.82, 2.24) is 24.6 Å². The van der Waals surface area contributed by atoms with Crippen molar-refractivity contribution >= 4 is 40.1 Å². The van der Waals surface area contributed by atoms with E-state index in [0.717, 1.165) is 51.7 Å². The standard InChI is InChI=1S/C49H54N6O6/c56-44(42-13-7-21-54(42)48(58)45(36-9-3-1-4-10-36)52-23-27-60-28-24-52)32-34-15-20-40-38(31-34)33-41(51-40)35-16-18-39(19-17-35)50-47(57)43-14-8-22-55(43)49(59)46(37-11-5-2-6-12-37)53-25-29-61-30-26-53/h1-6,9-12,15-20,31,33,42-43,45-46,51H,7-8,13-14,21-30,32H2,(H,50,57)/t42-,43-,45+,46+/m0/s1. The Bertz CT molecular complexity index is 2320. The van der Waals surface area contributed by atoms with Crippen molar-refractivity contribution in [2.45, 2.75) is 56.3 Å². The normalized spacial score (nSPS) is 21.0. The van der Waals surface area contributed by atoms with Gasteiger partial charge in [0.25, 0.3) is 0 Å². The van der Waals surface area contributed by atoms with Crippen molar-refractivity contribution < 1.29 is 28.7 Å². The number of amides is 3. The van der Waals surface area contributed by atoms with Crippen LogP contribution in [0.15, 0.2) is 109 Å². The number of H-pyrrole nitrogens is 1. The van der Waals surface area contributed by atoms with Crippen molar-refractivity contribution in [3.05, 3.63) is 126 Å². The molecule has 4 aliphatic rings. The third-order valence-electron chi connectivity index (χ3n) is 12.8. The van der Waals surface area contributed by atoms with Gasteiger partial charge in [-0.25, -0.2) is 0 Å². The maximum Gasteiger partial charge on any atom is 0.247 e. The van der Waals surface area contributed by atoms with Crippen LogP contribution in [0.3, 0.4) is 0 Å². The first kappa shape index (κ1) is 40.7. The molecule has 0 bridgehead atoms. The van der Waals surface area contributed by atoms with Gasteiger partial charge < -0.3 is 29.6 Å². The number of nitrogens with zero attached hydrogens (tertiary/aromatic N) is 4. The van der Waals surface area contributed by atoms with Crippen LogP contribution in [0.2, 0.25) is 0 Å². The summed E-state index contributed by atoms with van der Waals surface area (Å²) in [5.41, 5.74) is 6.27. The minimum Gasteiger partial charge on any atom is -0.379 e. The van der Waals surface area contributed by atoms with Crippen molar-refractivity contribution in [1.29, 1.82) is 0 Å². The fraction of sp³-hybridized carbons (Fsp3) is 0.388. The average molecular weight is 823 g/mol. The van der Waals surface area contributed by atoms with Crippen molar-refractivity contribution in [3.8, 4) is 11.3 Å². The van der Waals surface area contributed by atoms with Gasteiger partial charge >= 0.3 is 0 Å². The number of fused-ring (bicyclic) bond motifs is 1. The molecule has 0 saturated carbocycles. The summed E-state index contributed by atoms with van der Waals surface area (Å²) >= 11 is 0. The zero-order chi connectivity index (χ0) is 41.7. The Morgan fingerprint density at radius 3 is 1.74 bits per heavy atom. The van der Waals surface area contributed by atoms with Gasteiger partial charge in [-0.2, -0.15) is 0 Å². The molecular weight excluding hydrogens is 769 g/mol. The second kappa shape index (κ2) is 18.5. The summed E-state index contributed by atoms with van der Waals surface area (Å²) in [6.07, 6.45) is 3.11. The third kappa shape index (κ3) is 8.90. The molecule has 9 rings (SSSR count). The first-order chi connectivity index (χ1) is 29.9. The maximum absolute atomic E-state index is 14.3. The summed E-state index contributed by atoms with van der Waals surface area (Å²) in [6.45, 7) is 6.12. The highest BCUT2D eigenvalue weighted by atomic mass is 16.5. The quantitative estimate of drug-likeness (QED) is 0.157. The largest absolute Gasteiger partial charge is 0.379 e. The molecule has 1 aromatic heterocycles. The summed E-state index contributed by atoms with van der Waals surface area (Å²) in [4.78, 5) is 67.6. The van der Waals surface area contributed by atoms with Crippen LogP contribution in [0.4, 0.5) is 5.69 Å². The molecule has 0 spiro atoms. The van der Waals surface area contributed by atoms with E-state index in [1.165, 1.54) is 0 Å². The number of morpholine rings is 2. The van der Waals surface area contributed by atoms with Crippen LogP contribution in [-0.4, -0.2) is 126 Å². The molecule has 4 aromatic carbocycles. The topological polar surface area (TPSA) is 128 Å². The van der Waals surface area contributed by atoms with Crippen molar-refractivity contribution in [3.63, 3.8) is 0 Å². The molecular formula is C49H54N6O6. The van der Waals surface area contributed by atoms with Crippen LogP contribution in [0, 0.1) is 0 Å². The lowest BCUT2D eigenvalue weighted by Gasteiger charge is -2.37. The second-order valence-electron chi connectivity index (χ2n) is 16.6. The Hall–Kier alpha value is -5.66. The van der Waals surface area contributed by atoms with Crippen molar-refractivity contribution in [2.75, 3.05) is 71.0 Å². The highest BCUT2D eigenvalue weighted by Crippen LogP contribution is 2.32. The van der Waals surface area contributed by atoms with E-state index in [2.05, 4.69) is 32.2 Å². The summed E-state index contributed by atoms with van der Waals surface area (Å²) < 4.78 is 11.2. The molecule has 12 nitrogen and oxygen atoms in total. The van der Waals surface area contributed by atoms with Gasteiger partial charge in [0.05, 0.1) is 32.5 Å². The van der Waals surface area contributed by atoms with Crippen LogP contribution in [-0.2, 0) is 35.1 Å². The average Bonchev–Trinajstić information content (AvgIpc) is 4.09. The van der Waals surface area contributed by atoms with E-state index in [4.69, 9.17) is 9.47 Å². The Labute approximate surface area is 356 Å². The first-order valence-electron chi connectivity index (χ1n) is 21.8. The SMILES string of the molecule is O=C(Cc1ccc2[nH]c(-c3ccc(NC(=O)[C@@H]4CCCN4C(=O)[C@@H](c4ccccc4)N4CCOCC4)cc3)cc2c1)[C@@H]1CCCN1C(=O)[C@@H](c1ccccc1)N1CCOCC1. The van der Waals surface area contributed by atoms with Crippen LogP contribution >= 0.6 is 0 Å². The number of ether oxygens (including phenoxy) is 2. The van der Waals surface area contributed by atoms with E-state index in [0.29, 0.717) is 84.2 Å². The number of aromatic nitrogens is 1. The van der Waals surface area contributed by atoms with E-state index in [9.17, 15) is 19.2 Å². The van der Waals surface area contributed by atoms with E-state index in [1.807, 2.05) is 102 Å². The molecule has 3 amide bonds. The van der Waals surface area contributed by atoms with Gasteiger partial charge in [0, 0.05) is 68.0 Å². The van der Waals surface area contributed by atoms with Gasteiger partial charge in [0.1, 0.15) is 18.1 Å². The minimum atomic E-state index is -0.548. The predicted octanol–water partition coefficient (Wildman–Crippen LogP) is 6.01. The molecule has 12 heteroatoms. The molecule has 0 radical (unpaired) electrons. The van der Waals surface area contributed by atoms with Gasteiger partial charge in [0.2, 0.25) is 17.7 Å². The van der Waals surface area contributed by atoms with E-state index in [-0.39, 0.29) is 29.9 Å². The number of benzene rings is 4. The number of nitrogens with one attached hydrogen (secondary N) is 2. The number of ketones is 1. The second-order valence-corrected chi connectivity index (χ2v) is 16.6. The lowest BCUT2D eigenvalue weighted by Crippen LogP contribution is -2.50. The fourth-order valence-electron chi connectivity index (χ4n) is 9.67. The monoisotopic (exact) mass is 822 g/mol. The number of anilines is 1. The zero-order valence-corrected chi connectivity index (χ0v) is 34.5. The summed E-state index contributed by atoms with van der Waals surface area (Å²) in [6, 6.07) is 33.7. The summed E-state index contributed by atoms with van der Waals surface area (Å²) in [7, 11) is 0. The highest BCUT2D eigenvalue weighted by Gasteiger charge is 2.41. The van der Waals surface area contributed by atoms with Gasteiger partial charge in [-0.15, -0.1) is 0 Å². The van der Waals surface area contributed by atoms with E-state index in [1.54, 1.807) is 4.90 Å². The lowest BCUT2D eigenvalue weighted by molar-refractivity contribution is -0.143. The number of likely N-dealkylation sites (tertiary alicyclic amines) is 2. The number of carbonyl (C=O) groups is 4. The minimum absolute atomic E-state index is 0.00710. The molecule has 4 atom stereocenters. The number of hydrogen-bond acceptors (Lipinski definition) is 8. The Morgan fingerprint density at radius 2 is 1.16 bits per heavy atom.